The highest BCUT2D eigenvalue weighted by atomic mass is 35.5. The molecule has 0 aliphatic carbocycles. The molecule has 6 nitrogen and oxygen atoms in total. The average Bonchev–Trinajstić information content (AvgIpc) is 3.09. The average molecular weight is 509 g/mol. The Bertz CT molecular complexity index is 1120. The zero-order valence-corrected chi connectivity index (χ0v) is 21.4. The Morgan fingerprint density at radius 2 is 1.97 bits per heavy atom. The molecule has 0 saturated heterocycles. The Hall–Kier alpha value is -2.61. The van der Waals surface area contributed by atoms with Crippen molar-refractivity contribution in [3.05, 3.63) is 75.7 Å². The summed E-state index contributed by atoms with van der Waals surface area (Å²) in [7, 11) is 0. The van der Waals surface area contributed by atoms with Crippen LogP contribution in [0.4, 0.5) is 10.2 Å². The van der Waals surface area contributed by atoms with Crippen molar-refractivity contribution in [2.24, 2.45) is 5.92 Å². The molecule has 0 atom stereocenters. The standard InChI is InChI=1S/C25H30ClFN4O2.ClH/c1-5-28-13-18-6-8-21(22(27)11-18)25(32)29-24-10-17(4)31(30-24)14-19-12-20(26)7-9-23(19)33-15-16(2)3;/h6-12,16,28H,5,13-15H2,1-4H3,(H,29,30,32);1H. The monoisotopic (exact) mass is 508 g/mol. The van der Waals surface area contributed by atoms with Crippen molar-refractivity contribution < 1.29 is 13.9 Å². The summed E-state index contributed by atoms with van der Waals surface area (Å²) < 4.78 is 22.1. The van der Waals surface area contributed by atoms with Crippen LogP contribution in [0.2, 0.25) is 5.02 Å². The van der Waals surface area contributed by atoms with Gasteiger partial charge >= 0.3 is 0 Å². The molecule has 2 N–H and O–H groups in total. The van der Waals surface area contributed by atoms with Crippen LogP contribution in [0.1, 0.15) is 48.0 Å². The lowest BCUT2D eigenvalue weighted by molar-refractivity contribution is 0.102. The predicted octanol–water partition coefficient (Wildman–Crippen LogP) is 5.85. The number of nitrogens with zero attached hydrogens (tertiary/aromatic N) is 2. The maximum Gasteiger partial charge on any atom is 0.259 e. The fraction of sp³-hybridized carbons (Fsp3) is 0.360. The van der Waals surface area contributed by atoms with Gasteiger partial charge in [-0.3, -0.25) is 9.48 Å². The normalized spacial score (nSPS) is 10.8. The van der Waals surface area contributed by atoms with E-state index >= 15 is 0 Å². The molecule has 9 heteroatoms. The summed E-state index contributed by atoms with van der Waals surface area (Å²) in [5.74, 6) is 0.369. The predicted molar refractivity (Wildman–Crippen MR) is 137 cm³/mol. The lowest BCUT2D eigenvalue weighted by Gasteiger charge is -2.14. The fourth-order valence-electron chi connectivity index (χ4n) is 3.27. The smallest absolute Gasteiger partial charge is 0.259 e. The number of aryl methyl sites for hydroxylation is 1. The third-order valence-electron chi connectivity index (χ3n) is 4.99. The zero-order chi connectivity index (χ0) is 24.0. The van der Waals surface area contributed by atoms with Crippen LogP contribution >= 0.6 is 24.0 Å². The summed E-state index contributed by atoms with van der Waals surface area (Å²) in [5.41, 5.74) is 2.47. The van der Waals surface area contributed by atoms with Crippen LogP contribution in [0.3, 0.4) is 0 Å². The number of ether oxygens (including phenoxy) is 1. The molecule has 0 fully saturated rings. The van der Waals surface area contributed by atoms with Gasteiger partial charge in [-0.2, -0.15) is 5.10 Å². The highest BCUT2D eigenvalue weighted by molar-refractivity contribution is 6.30. The highest BCUT2D eigenvalue weighted by Gasteiger charge is 2.16. The summed E-state index contributed by atoms with van der Waals surface area (Å²) in [5, 5.41) is 10.9. The van der Waals surface area contributed by atoms with Gasteiger partial charge in [0.25, 0.3) is 5.91 Å². The first-order valence-corrected chi connectivity index (χ1v) is 11.4. The second-order valence-corrected chi connectivity index (χ2v) is 8.77. The third-order valence-corrected chi connectivity index (χ3v) is 5.23. The van der Waals surface area contributed by atoms with Crippen LogP contribution in [0, 0.1) is 18.7 Å². The van der Waals surface area contributed by atoms with Crippen LogP contribution in [-0.4, -0.2) is 28.8 Å². The second-order valence-electron chi connectivity index (χ2n) is 8.33. The molecule has 184 valence electrons. The molecule has 3 aromatic rings. The number of aromatic nitrogens is 2. The molecule has 2 aromatic carbocycles. The van der Waals surface area contributed by atoms with E-state index in [-0.39, 0.29) is 18.0 Å². The van der Waals surface area contributed by atoms with Crippen molar-refractivity contribution in [3.63, 3.8) is 0 Å². The molecule has 0 aliphatic heterocycles. The van der Waals surface area contributed by atoms with E-state index in [4.69, 9.17) is 16.3 Å². The van der Waals surface area contributed by atoms with Crippen LogP contribution in [-0.2, 0) is 13.1 Å². The minimum atomic E-state index is -0.565. The van der Waals surface area contributed by atoms with Gasteiger partial charge in [-0.05, 0) is 55.3 Å². The lowest BCUT2D eigenvalue weighted by Crippen LogP contribution is -2.16. The van der Waals surface area contributed by atoms with E-state index < -0.39 is 11.7 Å². The van der Waals surface area contributed by atoms with Crippen LogP contribution in [0.15, 0.2) is 42.5 Å². The largest absolute Gasteiger partial charge is 0.493 e. The molecule has 0 saturated carbocycles. The molecule has 34 heavy (non-hydrogen) atoms. The number of hydrogen-bond donors (Lipinski definition) is 2. The Morgan fingerprint density at radius 1 is 1.21 bits per heavy atom. The molecule has 3 rings (SSSR count). The minimum absolute atomic E-state index is 0. The van der Waals surface area contributed by atoms with Gasteiger partial charge in [0.1, 0.15) is 11.6 Å². The van der Waals surface area contributed by atoms with Gasteiger partial charge in [0.2, 0.25) is 0 Å². The topological polar surface area (TPSA) is 68.2 Å². The number of carbonyl (C=O) groups is 1. The number of benzene rings is 2. The van der Waals surface area contributed by atoms with Crippen molar-refractivity contribution in [1.82, 2.24) is 15.1 Å². The van der Waals surface area contributed by atoms with Gasteiger partial charge in [0, 0.05) is 28.9 Å². The molecule has 1 amide bonds. The quantitative estimate of drug-likeness (QED) is 0.360. The Morgan fingerprint density at radius 3 is 2.65 bits per heavy atom. The first-order chi connectivity index (χ1) is 15.8. The summed E-state index contributed by atoms with van der Waals surface area (Å²) in [4.78, 5) is 12.6. The molecule has 1 aromatic heterocycles. The molecular weight excluding hydrogens is 478 g/mol. The van der Waals surface area contributed by atoms with Gasteiger partial charge in [0.15, 0.2) is 5.82 Å². The first-order valence-electron chi connectivity index (χ1n) is 11.0. The van der Waals surface area contributed by atoms with Crippen molar-refractivity contribution in [3.8, 4) is 5.75 Å². The number of hydrogen-bond acceptors (Lipinski definition) is 4. The van der Waals surface area contributed by atoms with E-state index in [2.05, 4.69) is 29.6 Å². The molecule has 0 unspecified atom stereocenters. The molecule has 0 bridgehead atoms. The van der Waals surface area contributed by atoms with Crippen molar-refractivity contribution >= 4 is 35.7 Å². The van der Waals surface area contributed by atoms with Gasteiger partial charge in [-0.25, -0.2) is 4.39 Å². The van der Waals surface area contributed by atoms with Gasteiger partial charge in [-0.15, -0.1) is 12.4 Å². The van der Waals surface area contributed by atoms with E-state index in [9.17, 15) is 9.18 Å². The minimum Gasteiger partial charge on any atom is -0.493 e. The number of halogens is 3. The van der Waals surface area contributed by atoms with E-state index in [0.29, 0.717) is 36.5 Å². The highest BCUT2D eigenvalue weighted by Crippen LogP contribution is 2.25. The maximum atomic E-state index is 14.5. The van der Waals surface area contributed by atoms with Crippen molar-refractivity contribution in [2.75, 3.05) is 18.5 Å². The summed E-state index contributed by atoms with van der Waals surface area (Å²) in [6, 6.07) is 11.8. The number of amides is 1. The Kier molecular flexibility index (Phi) is 10.4. The number of carbonyl (C=O) groups excluding carboxylic acids is 1. The van der Waals surface area contributed by atoms with Crippen molar-refractivity contribution in [1.29, 1.82) is 0 Å². The summed E-state index contributed by atoms with van der Waals surface area (Å²) in [6.07, 6.45) is 0. The van der Waals surface area contributed by atoms with E-state index in [1.165, 1.54) is 12.1 Å². The zero-order valence-electron chi connectivity index (χ0n) is 19.8. The van der Waals surface area contributed by atoms with Gasteiger partial charge in [-0.1, -0.05) is 38.4 Å². The number of nitrogens with one attached hydrogen (secondary N) is 2. The second kappa shape index (κ2) is 12.7. The SMILES string of the molecule is CCNCc1ccc(C(=O)Nc2cc(C)n(Cc3cc(Cl)ccc3OCC(C)C)n2)c(F)c1.Cl. The molecule has 0 radical (unpaired) electrons. The van der Waals surface area contributed by atoms with Crippen LogP contribution in [0.5, 0.6) is 5.75 Å². The summed E-state index contributed by atoms with van der Waals surface area (Å²) >= 11 is 6.20. The van der Waals surface area contributed by atoms with Crippen molar-refractivity contribution in [2.45, 2.75) is 40.8 Å². The van der Waals surface area contributed by atoms with E-state index in [0.717, 1.165) is 29.1 Å². The van der Waals surface area contributed by atoms with Crippen LogP contribution < -0.4 is 15.4 Å². The fourth-order valence-corrected chi connectivity index (χ4v) is 3.46. The molecular formula is C25H31Cl2FN4O2. The van der Waals surface area contributed by atoms with Gasteiger partial charge in [0.05, 0.1) is 18.7 Å². The maximum absolute atomic E-state index is 14.5. The Balaban J connectivity index is 0.00000408. The first kappa shape index (κ1) is 27.6. The number of anilines is 1. The van der Waals surface area contributed by atoms with Crippen LogP contribution in [0.25, 0.3) is 0 Å². The summed E-state index contributed by atoms with van der Waals surface area (Å²) in [6.45, 7) is 10.4. The Labute approximate surface area is 211 Å². The molecule has 0 aliphatic rings. The van der Waals surface area contributed by atoms with Gasteiger partial charge < -0.3 is 15.4 Å². The van der Waals surface area contributed by atoms with E-state index in [1.807, 2.05) is 26.0 Å². The van der Waals surface area contributed by atoms with E-state index in [1.54, 1.807) is 22.9 Å². The number of rotatable bonds is 10. The molecule has 1 heterocycles. The third kappa shape index (κ3) is 7.45. The molecule has 0 spiro atoms. The lowest BCUT2D eigenvalue weighted by atomic mass is 10.1.